The van der Waals surface area contributed by atoms with Crippen LogP contribution in [0.3, 0.4) is 0 Å². The van der Waals surface area contributed by atoms with Gasteiger partial charge in [0.1, 0.15) is 0 Å². The SMILES string of the molecule is CCCCC1(CCCC)CSc2cc(OC)c(F)cc2NC1=O. The molecule has 1 heterocycles. The van der Waals surface area contributed by atoms with E-state index >= 15 is 0 Å². The molecule has 0 atom stereocenters. The van der Waals surface area contributed by atoms with Gasteiger partial charge in [0.25, 0.3) is 0 Å². The van der Waals surface area contributed by atoms with E-state index in [9.17, 15) is 9.18 Å². The third kappa shape index (κ3) is 4.00. The highest BCUT2D eigenvalue weighted by atomic mass is 32.2. The number of carbonyl (C=O) groups excluding carboxylic acids is 1. The molecule has 128 valence electrons. The van der Waals surface area contributed by atoms with Crippen LogP contribution in [0.25, 0.3) is 0 Å². The first kappa shape index (κ1) is 18.1. The smallest absolute Gasteiger partial charge is 0.231 e. The molecule has 0 saturated carbocycles. The number of carbonyl (C=O) groups is 1. The van der Waals surface area contributed by atoms with Gasteiger partial charge in [-0.05, 0) is 18.9 Å². The second-order valence-corrected chi connectivity index (χ2v) is 7.23. The average Bonchev–Trinajstić information content (AvgIpc) is 2.67. The lowest BCUT2D eigenvalue weighted by atomic mass is 9.79. The van der Waals surface area contributed by atoms with Gasteiger partial charge in [-0.15, -0.1) is 11.8 Å². The van der Waals surface area contributed by atoms with E-state index in [1.165, 1.54) is 13.2 Å². The highest BCUT2D eigenvalue weighted by Crippen LogP contribution is 2.44. The maximum Gasteiger partial charge on any atom is 0.231 e. The van der Waals surface area contributed by atoms with Crippen LogP contribution in [-0.2, 0) is 4.79 Å². The molecule has 3 nitrogen and oxygen atoms in total. The summed E-state index contributed by atoms with van der Waals surface area (Å²) in [6, 6.07) is 3.06. The van der Waals surface area contributed by atoms with Crippen molar-refractivity contribution < 1.29 is 13.9 Å². The van der Waals surface area contributed by atoms with E-state index in [-0.39, 0.29) is 17.1 Å². The van der Waals surface area contributed by atoms with Gasteiger partial charge in [-0.1, -0.05) is 39.5 Å². The van der Waals surface area contributed by atoms with Crippen molar-refractivity contribution in [3.05, 3.63) is 17.9 Å². The van der Waals surface area contributed by atoms with Crippen LogP contribution >= 0.6 is 11.8 Å². The standard InChI is InChI=1S/C18H26FNO2S/c1-4-6-8-18(9-7-5-2)12-23-16-11-15(22-3)13(19)10-14(16)20-17(18)21/h10-11H,4-9,12H2,1-3H3,(H,20,21). The molecule has 0 fully saturated rings. The fourth-order valence-corrected chi connectivity index (χ4v) is 4.28. The van der Waals surface area contributed by atoms with Gasteiger partial charge in [0.15, 0.2) is 11.6 Å². The van der Waals surface area contributed by atoms with Crippen molar-refractivity contribution in [3.8, 4) is 5.75 Å². The van der Waals surface area contributed by atoms with E-state index in [4.69, 9.17) is 4.74 Å². The fraction of sp³-hybridized carbons (Fsp3) is 0.611. The minimum absolute atomic E-state index is 0.0372. The molecule has 23 heavy (non-hydrogen) atoms. The monoisotopic (exact) mass is 339 g/mol. The van der Waals surface area contributed by atoms with Crippen LogP contribution in [0.5, 0.6) is 5.75 Å². The molecular weight excluding hydrogens is 313 g/mol. The summed E-state index contributed by atoms with van der Waals surface area (Å²) in [6.45, 7) is 4.29. The van der Waals surface area contributed by atoms with Gasteiger partial charge in [-0.25, -0.2) is 4.39 Å². The highest BCUT2D eigenvalue weighted by molar-refractivity contribution is 7.99. The Morgan fingerprint density at radius 1 is 1.26 bits per heavy atom. The van der Waals surface area contributed by atoms with Gasteiger partial charge < -0.3 is 10.1 Å². The van der Waals surface area contributed by atoms with Crippen LogP contribution in [0.2, 0.25) is 0 Å². The Balaban J connectivity index is 2.31. The lowest BCUT2D eigenvalue weighted by Crippen LogP contribution is -2.37. The maximum atomic E-state index is 13.9. The van der Waals surface area contributed by atoms with Crippen molar-refractivity contribution in [2.24, 2.45) is 5.41 Å². The largest absolute Gasteiger partial charge is 0.494 e. The number of amides is 1. The van der Waals surface area contributed by atoms with Crippen LogP contribution < -0.4 is 10.1 Å². The molecule has 0 saturated heterocycles. The predicted molar refractivity (Wildman–Crippen MR) is 93.8 cm³/mol. The van der Waals surface area contributed by atoms with Gasteiger partial charge >= 0.3 is 0 Å². The Bertz CT molecular complexity index is 554. The van der Waals surface area contributed by atoms with Gasteiger partial charge in [-0.3, -0.25) is 4.79 Å². The Labute approximate surface area is 142 Å². The Hall–Kier alpha value is -1.23. The molecule has 1 aliphatic heterocycles. The second kappa shape index (κ2) is 8.04. The molecule has 0 spiro atoms. The van der Waals surface area contributed by atoms with E-state index in [1.807, 2.05) is 0 Å². The van der Waals surface area contributed by atoms with Gasteiger partial charge in [-0.2, -0.15) is 0 Å². The fourth-order valence-electron chi connectivity index (χ4n) is 2.97. The van der Waals surface area contributed by atoms with Crippen molar-refractivity contribution in [1.82, 2.24) is 0 Å². The summed E-state index contributed by atoms with van der Waals surface area (Å²) in [5, 5.41) is 2.97. The maximum absolute atomic E-state index is 13.9. The number of fused-ring (bicyclic) bond motifs is 1. The first-order chi connectivity index (χ1) is 11.1. The average molecular weight is 339 g/mol. The zero-order valence-electron chi connectivity index (χ0n) is 14.2. The lowest BCUT2D eigenvalue weighted by Gasteiger charge is -2.30. The number of rotatable bonds is 7. The summed E-state index contributed by atoms with van der Waals surface area (Å²) in [4.78, 5) is 13.8. The number of hydrogen-bond donors (Lipinski definition) is 1. The predicted octanol–water partition coefficient (Wildman–Crippen LogP) is 5.25. The molecule has 0 radical (unpaired) electrons. The molecule has 1 amide bonds. The van der Waals surface area contributed by atoms with E-state index in [1.54, 1.807) is 17.8 Å². The third-order valence-corrected chi connectivity index (χ3v) is 5.85. The Kier molecular flexibility index (Phi) is 6.33. The molecule has 1 N–H and O–H groups in total. The first-order valence-corrected chi connectivity index (χ1v) is 9.36. The van der Waals surface area contributed by atoms with E-state index < -0.39 is 5.82 Å². The quantitative estimate of drug-likeness (QED) is 0.738. The molecule has 0 bridgehead atoms. The summed E-state index contributed by atoms with van der Waals surface area (Å²) in [5.74, 6) is 0.553. The Morgan fingerprint density at radius 2 is 1.91 bits per heavy atom. The zero-order chi connectivity index (χ0) is 16.9. The molecule has 0 aromatic heterocycles. The summed E-state index contributed by atoms with van der Waals surface area (Å²) in [5.41, 5.74) is 0.201. The van der Waals surface area contributed by atoms with E-state index in [0.29, 0.717) is 5.69 Å². The summed E-state index contributed by atoms with van der Waals surface area (Å²) in [7, 11) is 1.46. The van der Waals surface area contributed by atoms with Crippen LogP contribution in [0.1, 0.15) is 52.4 Å². The molecular formula is C18H26FNO2S. The van der Waals surface area contributed by atoms with Crippen LogP contribution in [0.15, 0.2) is 17.0 Å². The number of thioether (sulfide) groups is 1. The molecule has 2 rings (SSSR count). The number of hydrogen-bond acceptors (Lipinski definition) is 3. The number of methoxy groups -OCH3 is 1. The number of unbranched alkanes of at least 4 members (excludes halogenated alkanes) is 2. The minimum atomic E-state index is -0.443. The highest BCUT2D eigenvalue weighted by Gasteiger charge is 2.39. The van der Waals surface area contributed by atoms with Crippen molar-refractivity contribution in [2.75, 3.05) is 18.2 Å². The first-order valence-electron chi connectivity index (χ1n) is 8.38. The number of ether oxygens (including phenoxy) is 1. The van der Waals surface area contributed by atoms with Gasteiger partial charge in [0.05, 0.1) is 18.2 Å². The lowest BCUT2D eigenvalue weighted by molar-refractivity contribution is -0.125. The zero-order valence-corrected chi connectivity index (χ0v) is 15.0. The second-order valence-electron chi connectivity index (χ2n) is 6.21. The van der Waals surface area contributed by atoms with Crippen LogP contribution in [-0.4, -0.2) is 18.8 Å². The summed E-state index contributed by atoms with van der Waals surface area (Å²) < 4.78 is 19.0. The Morgan fingerprint density at radius 3 is 2.48 bits per heavy atom. The third-order valence-electron chi connectivity index (χ3n) is 4.51. The molecule has 1 aromatic carbocycles. The molecule has 5 heteroatoms. The van der Waals surface area contributed by atoms with Crippen LogP contribution in [0, 0.1) is 11.2 Å². The number of benzene rings is 1. The molecule has 0 aliphatic carbocycles. The normalized spacial score (nSPS) is 16.4. The molecule has 1 aromatic rings. The number of nitrogens with one attached hydrogen (secondary N) is 1. The van der Waals surface area contributed by atoms with Gasteiger partial charge in [0.2, 0.25) is 5.91 Å². The molecule has 0 unspecified atom stereocenters. The number of halogens is 1. The van der Waals surface area contributed by atoms with Crippen molar-refractivity contribution in [2.45, 2.75) is 57.3 Å². The summed E-state index contributed by atoms with van der Waals surface area (Å²) >= 11 is 1.63. The van der Waals surface area contributed by atoms with Crippen molar-refractivity contribution in [3.63, 3.8) is 0 Å². The topological polar surface area (TPSA) is 38.3 Å². The van der Waals surface area contributed by atoms with Crippen LogP contribution in [0.4, 0.5) is 10.1 Å². The molecule has 1 aliphatic rings. The minimum Gasteiger partial charge on any atom is -0.494 e. The van der Waals surface area contributed by atoms with Gasteiger partial charge in [0, 0.05) is 16.7 Å². The van der Waals surface area contributed by atoms with E-state index in [2.05, 4.69) is 19.2 Å². The van der Waals surface area contributed by atoms with Crippen molar-refractivity contribution >= 4 is 23.4 Å². The summed E-state index contributed by atoms with van der Waals surface area (Å²) in [6.07, 6.45) is 5.98. The van der Waals surface area contributed by atoms with E-state index in [0.717, 1.165) is 49.2 Å². The number of anilines is 1. The van der Waals surface area contributed by atoms with Crippen molar-refractivity contribution in [1.29, 1.82) is 0 Å².